The molecule has 5 heteroatoms. The van der Waals surface area contributed by atoms with E-state index in [-0.39, 0.29) is 17.0 Å². The molecule has 0 atom stereocenters. The first-order valence-electron chi connectivity index (χ1n) is 6.44. The van der Waals surface area contributed by atoms with Crippen LogP contribution in [0.2, 0.25) is 0 Å². The Hall–Kier alpha value is -2.66. The molecule has 0 aliphatic rings. The molecule has 1 N–H and O–H groups in total. The number of hydrogen-bond acceptors (Lipinski definition) is 4. The van der Waals surface area contributed by atoms with Crippen LogP contribution in [-0.4, -0.2) is 14.5 Å². The van der Waals surface area contributed by atoms with Crippen LogP contribution in [0.1, 0.15) is 0 Å². The Kier molecular flexibility index (Phi) is 2.55. The quantitative estimate of drug-likeness (QED) is 0.586. The summed E-state index contributed by atoms with van der Waals surface area (Å²) in [7, 11) is 0. The first-order valence-corrected chi connectivity index (χ1v) is 7.26. The highest BCUT2D eigenvalue weighted by molar-refractivity contribution is 7.23. The molecule has 0 unspecified atom stereocenters. The van der Waals surface area contributed by atoms with Gasteiger partial charge in [0, 0.05) is 0 Å². The SMILES string of the molecule is O=c1c(-c2ccccc2)c(O)nc2sc3ccccc3n12. The van der Waals surface area contributed by atoms with Crippen LogP contribution in [0, 0.1) is 0 Å². The molecule has 0 bridgehead atoms. The van der Waals surface area contributed by atoms with Gasteiger partial charge in [0.15, 0.2) is 0 Å². The molecule has 0 radical (unpaired) electrons. The Balaban J connectivity index is 2.19. The summed E-state index contributed by atoms with van der Waals surface area (Å²) in [6.45, 7) is 0. The zero-order valence-corrected chi connectivity index (χ0v) is 11.7. The number of aromatic nitrogens is 2. The van der Waals surface area contributed by atoms with Crippen molar-refractivity contribution in [2.45, 2.75) is 0 Å². The predicted octanol–water partition coefficient (Wildman–Crippen LogP) is 3.28. The van der Waals surface area contributed by atoms with Crippen LogP contribution < -0.4 is 5.56 Å². The smallest absolute Gasteiger partial charge is 0.270 e. The Morgan fingerprint density at radius 3 is 2.52 bits per heavy atom. The van der Waals surface area contributed by atoms with Crippen molar-refractivity contribution in [3.05, 3.63) is 65.0 Å². The van der Waals surface area contributed by atoms with Crippen LogP contribution in [0.5, 0.6) is 5.88 Å². The Labute approximate surface area is 123 Å². The number of benzene rings is 2. The molecule has 0 saturated heterocycles. The molecule has 102 valence electrons. The van der Waals surface area contributed by atoms with Crippen LogP contribution in [0.3, 0.4) is 0 Å². The standard InChI is InChI=1S/C16H10N2O2S/c19-14-13(10-6-2-1-3-7-10)15(20)18-11-8-4-5-9-12(11)21-16(18)17-14/h1-9,19H. The summed E-state index contributed by atoms with van der Waals surface area (Å²) in [5, 5.41) is 10.2. The fourth-order valence-electron chi connectivity index (χ4n) is 2.46. The first-order chi connectivity index (χ1) is 10.3. The molecule has 4 rings (SSSR count). The fraction of sp³-hybridized carbons (Fsp3) is 0. The molecule has 0 saturated carbocycles. The van der Waals surface area contributed by atoms with Crippen LogP contribution in [0.25, 0.3) is 26.3 Å². The molecule has 2 heterocycles. The predicted molar refractivity (Wildman–Crippen MR) is 83.9 cm³/mol. The monoisotopic (exact) mass is 294 g/mol. The van der Waals surface area contributed by atoms with E-state index in [2.05, 4.69) is 4.98 Å². The van der Waals surface area contributed by atoms with Crippen LogP contribution in [-0.2, 0) is 0 Å². The molecule has 2 aromatic carbocycles. The van der Waals surface area contributed by atoms with Crippen molar-refractivity contribution >= 4 is 26.5 Å². The maximum Gasteiger partial charge on any atom is 0.270 e. The average molecular weight is 294 g/mol. The second kappa shape index (κ2) is 4.43. The van der Waals surface area contributed by atoms with Gasteiger partial charge in [-0.2, -0.15) is 4.98 Å². The van der Waals surface area contributed by atoms with Gasteiger partial charge in [-0.05, 0) is 17.7 Å². The summed E-state index contributed by atoms with van der Waals surface area (Å²) >= 11 is 1.39. The van der Waals surface area contributed by atoms with Gasteiger partial charge in [-0.3, -0.25) is 9.20 Å². The Morgan fingerprint density at radius 2 is 1.71 bits per heavy atom. The van der Waals surface area contributed by atoms with E-state index in [1.165, 1.54) is 11.3 Å². The van der Waals surface area contributed by atoms with E-state index in [9.17, 15) is 9.90 Å². The average Bonchev–Trinajstić information content (AvgIpc) is 2.86. The van der Waals surface area contributed by atoms with Gasteiger partial charge < -0.3 is 5.11 Å². The van der Waals surface area contributed by atoms with Crippen molar-refractivity contribution in [2.75, 3.05) is 0 Å². The molecule has 0 spiro atoms. The summed E-state index contributed by atoms with van der Waals surface area (Å²) < 4.78 is 2.52. The lowest BCUT2D eigenvalue weighted by Crippen LogP contribution is -2.15. The zero-order valence-electron chi connectivity index (χ0n) is 10.9. The van der Waals surface area contributed by atoms with Gasteiger partial charge in [0.05, 0.1) is 10.2 Å². The molecule has 4 aromatic rings. The van der Waals surface area contributed by atoms with E-state index in [1.54, 1.807) is 16.5 Å². The zero-order chi connectivity index (χ0) is 14.4. The van der Waals surface area contributed by atoms with Gasteiger partial charge in [0.1, 0.15) is 5.56 Å². The molecular weight excluding hydrogens is 284 g/mol. The van der Waals surface area contributed by atoms with Gasteiger partial charge in [-0.25, -0.2) is 0 Å². The minimum absolute atomic E-state index is 0.224. The molecule has 0 fully saturated rings. The van der Waals surface area contributed by atoms with Crippen molar-refractivity contribution in [3.63, 3.8) is 0 Å². The lowest BCUT2D eigenvalue weighted by molar-refractivity contribution is 0.456. The van der Waals surface area contributed by atoms with Crippen molar-refractivity contribution in [2.24, 2.45) is 0 Å². The third-order valence-corrected chi connectivity index (χ3v) is 4.42. The summed E-state index contributed by atoms with van der Waals surface area (Å²) in [6, 6.07) is 16.7. The summed E-state index contributed by atoms with van der Waals surface area (Å²) in [5.74, 6) is -0.224. The summed E-state index contributed by atoms with van der Waals surface area (Å²) in [5.41, 5.74) is 1.46. The van der Waals surface area contributed by atoms with Crippen molar-refractivity contribution in [1.29, 1.82) is 0 Å². The van der Waals surface area contributed by atoms with E-state index in [1.807, 2.05) is 42.5 Å². The summed E-state index contributed by atoms with van der Waals surface area (Å²) in [6.07, 6.45) is 0. The normalized spacial score (nSPS) is 11.2. The van der Waals surface area contributed by atoms with Crippen LogP contribution in [0.15, 0.2) is 59.4 Å². The highest BCUT2D eigenvalue weighted by Crippen LogP contribution is 2.29. The Bertz CT molecular complexity index is 1020. The molecule has 0 aliphatic heterocycles. The number of aromatic hydroxyl groups is 1. The minimum Gasteiger partial charge on any atom is -0.493 e. The third-order valence-electron chi connectivity index (χ3n) is 3.40. The van der Waals surface area contributed by atoms with Crippen molar-refractivity contribution < 1.29 is 5.11 Å². The lowest BCUT2D eigenvalue weighted by atomic mass is 10.1. The van der Waals surface area contributed by atoms with Crippen molar-refractivity contribution in [3.8, 4) is 17.0 Å². The van der Waals surface area contributed by atoms with Crippen LogP contribution >= 0.6 is 11.3 Å². The van der Waals surface area contributed by atoms with Gasteiger partial charge in [-0.15, -0.1) is 0 Å². The minimum atomic E-state index is -0.249. The van der Waals surface area contributed by atoms with Crippen LogP contribution in [0.4, 0.5) is 0 Å². The van der Waals surface area contributed by atoms with E-state index < -0.39 is 0 Å². The number of para-hydroxylation sites is 1. The Morgan fingerprint density at radius 1 is 1.00 bits per heavy atom. The van der Waals surface area contributed by atoms with E-state index in [0.717, 1.165) is 10.2 Å². The topological polar surface area (TPSA) is 54.6 Å². The van der Waals surface area contributed by atoms with Crippen molar-refractivity contribution in [1.82, 2.24) is 9.38 Å². The van der Waals surface area contributed by atoms with E-state index in [4.69, 9.17) is 0 Å². The van der Waals surface area contributed by atoms with E-state index in [0.29, 0.717) is 10.5 Å². The number of thiazole rings is 1. The first kappa shape index (κ1) is 12.1. The molecular formula is C16H10N2O2S. The van der Waals surface area contributed by atoms with Gasteiger partial charge >= 0.3 is 0 Å². The molecule has 4 nitrogen and oxygen atoms in total. The summed E-state index contributed by atoms with van der Waals surface area (Å²) in [4.78, 5) is 17.5. The number of fused-ring (bicyclic) bond motifs is 3. The third kappa shape index (κ3) is 1.75. The number of hydrogen-bond donors (Lipinski definition) is 1. The van der Waals surface area contributed by atoms with Gasteiger partial charge in [0.25, 0.3) is 5.56 Å². The second-order valence-electron chi connectivity index (χ2n) is 4.67. The molecule has 2 aromatic heterocycles. The molecule has 0 aliphatic carbocycles. The number of rotatable bonds is 1. The molecule has 0 amide bonds. The van der Waals surface area contributed by atoms with E-state index >= 15 is 0 Å². The maximum atomic E-state index is 12.8. The van der Waals surface area contributed by atoms with Gasteiger partial charge in [0.2, 0.25) is 10.8 Å². The maximum absolute atomic E-state index is 12.8. The largest absolute Gasteiger partial charge is 0.493 e. The van der Waals surface area contributed by atoms with Gasteiger partial charge in [-0.1, -0.05) is 53.8 Å². The fourth-order valence-corrected chi connectivity index (χ4v) is 3.47. The number of nitrogens with zero attached hydrogens (tertiary/aromatic N) is 2. The lowest BCUT2D eigenvalue weighted by Gasteiger charge is -2.04. The molecule has 21 heavy (non-hydrogen) atoms. The highest BCUT2D eigenvalue weighted by atomic mass is 32.1. The highest BCUT2D eigenvalue weighted by Gasteiger charge is 2.17. The second-order valence-corrected chi connectivity index (χ2v) is 5.68.